The van der Waals surface area contributed by atoms with E-state index in [9.17, 15) is 13.2 Å². The Hall–Kier alpha value is -1.08. The molecule has 7 heteroatoms. The second-order valence-corrected chi connectivity index (χ2v) is 5.43. The van der Waals surface area contributed by atoms with Gasteiger partial charge in [-0.3, -0.25) is 9.78 Å². The van der Waals surface area contributed by atoms with Gasteiger partial charge in [0, 0.05) is 10.0 Å². The quantitative estimate of drug-likeness (QED) is 0.779. The van der Waals surface area contributed by atoms with Crippen molar-refractivity contribution in [3.63, 3.8) is 0 Å². The second kappa shape index (κ2) is 5.13. The Kier molecular flexibility index (Phi) is 3.87. The van der Waals surface area contributed by atoms with E-state index in [1.54, 1.807) is 0 Å². The summed E-state index contributed by atoms with van der Waals surface area (Å²) in [6, 6.07) is 7.34. The normalized spacial score (nSPS) is 11.8. The zero-order valence-corrected chi connectivity index (χ0v) is 12.3. The van der Waals surface area contributed by atoms with Gasteiger partial charge in [-0.2, -0.15) is 13.2 Å². The predicted octanol–water partition coefficient (Wildman–Crippen LogP) is 4.68. The van der Waals surface area contributed by atoms with Crippen molar-refractivity contribution in [2.24, 2.45) is 0 Å². The molecule has 0 unspecified atom stereocenters. The zero-order chi connectivity index (χ0) is 14.2. The third kappa shape index (κ3) is 3.09. The van der Waals surface area contributed by atoms with Gasteiger partial charge in [0.2, 0.25) is 0 Å². The average Bonchev–Trinajstić information content (AvgIpc) is 2.57. The molecule has 0 aliphatic heterocycles. The van der Waals surface area contributed by atoms with Gasteiger partial charge in [0.05, 0.1) is 6.54 Å². The number of rotatable bonds is 2. The molecule has 1 heterocycles. The molecule has 2 rings (SSSR count). The summed E-state index contributed by atoms with van der Waals surface area (Å²) < 4.78 is 40.6. The monoisotopic (exact) mass is 350 g/mol. The lowest BCUT2D eigenvalue weighted by Crippen LogP contribution is -2.09. The topological polar surface area (TPSA) is 20.7 Å². The molecule has 102 valence electrons. The minimum absolute atomic E-state index is 0.0532. The molecule has 0 saturated heterocycles. The van der Waals surface area contributed by atoms with Crippen molar-refractivity contribution < 1.29 is 13.2 Å². The smallest absolute Gasteiger partial charge is 0.292 e. The van der Waals surface area contributed by atoms with Crippen LogP contribution in [0.1, 0.15) is 16.8 Å². The molecule has 1 aromatic heterocycles. The van der Waals surface area contributed by atoms with E-state index in [0.29, 0.717) is 0 Å². The number of nitrogens with one attached hydrogen (secondary N) is 1. The van der Waals surface area contributed by atoms with E-state index in [2.05, 4.69) is 21.0 Å². The van der Waals surface area contributed by atoms with Crippen LogP contribution < -0.4 is 0 Å². The van der Waals surface area contributed by atoms with Crippen LogP contribution in [0, 0.1) is 11.6 Å². The molecule has 0 aliphatic rings. The number of alkyl halides is 3. The second-order valence-electron chi connectivity index (χ2n) is 4.13. The Morgan fingerprint density at radius 3 is 2.58 bits per heavy atom. The molecule has 0 bridgehead atoms. The number of hydrogen-bond acceptors (Lipinski definition) is 1. The first kappa shape index (κ1) is 14.3. The summed E-state index contributed by atoms with van der Waals surface area (Å²) >= 11 is 8.35. The first-order chi connectivity index (χ1) is 8.79. The zero-order valence-electron chi connectivity index (χ0n) is 9.88. The van der Waals surface area contributed by atoms with Crippen molar-refractivity contribution in [2.75, 3.05) is 0 Å². The first-order valence-corrected chi connectivity index (χ1v) is 6.60. The summed E-state index contributed by atoms with van der Waals surface area (Å²) in [5.41, 5.74) is 0.130. The van der Waals surface area contributed by atoms with Crippen LogP contribution >= 0.6 is 28.1 Å². The first-order valence-electron chi connectivity index (χ1n) is 5.40. The average molecular weight is 351 g/mol. The van der Waals surface area contributed by atoms with E-state index in [0.717, 1.165) is 10.0 Å². The van der Waals surface area contributed by atoms with E-state index in [1.165, 1.54) is 11.6 Å². The minimum atomic E-state index is -4.42. The highest BCUT2D eigenvalue weighted by molar-refractivity contribution is 9.10. The van der Waals surface area contributed by atoms with Crippen LogP contribution in [0.5, 0.6) is 0 Å². The van der Waals surface area contributed by atoms with Gasteiger partial charge < -0.3 is 0 Å². The van der Waals surface area contributed by atoms with Gasteiger partial charge in [-0.1, -0.05) is 40.3 Å². The molecule has 0 fully saturated rings. The molecule has 0 aliphatic carbocycles. The van der Waals surface area contributed by atoms with Gasteiger partial charge in [-0.15, -0.1) is 0 Å². The van der Waals surface area contributed by atoms with Gasteiger partial charge in [0.15, 0.2) is 0 Å². The lowest BCUT2D eigenvalue weighted by atomic mass is 10.2. The van der Waals surface area contributed by atoms with Gasteiger partial charge in [-0.05, 0) is 24.6 Å². The van der Waals surface area contributed by atoms with Gasteiger partial charge in [0.1, 0.15) is 10.3 Å². The van der Waals surface area contributed by atoms with E-state index in [4.69, 9.17) is 12.2 Å². The fourth-order valence-electron chi connectivity index (χ4n) is 1.78. The summed E-state index contributed by atoms with van der Waals surface area (Å²) in [7, 11) is 0. The van der Waals surface area contributed by atoms with E-state index < -0.39 is 11.9 Å². The number of halogens is 4. The van der Waals surface area contributed by atoms with E-state index >= 15 is 0 Å². The van der Waals surface area contributed by atoms with Gasteiger partial charge in [0.25, 0.3) is 0 Å². The van der Waals surface area contributed by atoms with Crippen molar-refractivity contribution in [1.29, 1.82) is 0 Å². The highest BCUT2D eigenvalue weighted by Crippen LogP contribution is 2.31. The Morgan fingerprint density at radius 2 is 2.05 bits per heavy atom. The predicted molar refractivity (Wildman–Crippen MR) is 72.6 cm³/mol. The lowest BCUT2D eigenvalue weighted by molar-refractivity contribution is -0.141. The van der Waals surface area contributed by atoms with Gasteiger partial charge in [-0.25, -0.2) is 0 Å². The number of hydrogen-bond donors (Lipinski definition) is 1. The molecule has 0 radical (unpaired) electrons. The van der Waals surface area contributed by atoms with Crippen LogP contribution in [0.3, 0.4) is 0 Å². The van der Waals surface area contributed by atoms with Crippen molar-refractivity contribution in [1.82, 2.24) is 9.78 Å². The SMILES string of the molecule is Cc1c(C(F)(F)F)[nH]n(Cc2cccc(Br)c2)c1=S. The number of nitrogens with zero attached hydrogens (tertiary/aromatic N) is 1. The molecule has 0 amide bonds. The van der Waals surface area contributed by atoms with E-state index in [-0.39, 0.29) is 16.7 Å². The molecular formula is C12H10BrF3N2S. The lowest BCUT2D eigenvalue weighted by Gasteiger charge is -2.06. The summed E-state index contributed by atoms with van der Waals surface area (Å²) in [6.07, 6.45) is -4.42. The molecule has 2 aromatic rings. The van der Waals surface area contributed by atoms with Crippen molar-refractivity contribution in [3.05, 3.63) is 50.2 Å². The highest BCUT2D eigenvalue weighted by atomic mass is 79.9. The third-order valence-corrected chi connectivity index (χ3v) is 3.72. The van der Waals surface area contributed by atoms with Crippen LogP contribution in [-0.4, -0.2) is 9.78 Å². The van der Waals surface area contributed by atoms with E-state index in [1.807, 2.05) is 24.3 Å². The number of H-pyrrole nitrogens is 1. The molecular weight excluding hydrogens is 341 g/mol. The summed E-state index contributed by atoms with van der Waals surface area (Å²) in [5, 5.41) is 2.33. The van der Waals surface area contributed by atoms with Gasteiger partial charge >= 0.3 is 6.18 Å². The van der Waals surface area contributed by atoms with Crippen LogP contribution in [0.15, 0.2) is 28.7 Å². The molecule has 2 nitrogen and oxygen atoms in total. The number of aromatic nitrogens is 2. The van der Waals surface area contributed by atoms with Crippen molar-refractivity contribution in [3.8, 4) is 0 Å². The fourth-order valence-corrected chi connectivity index (χ4v) is 2.44. The largest absolute Gasteiger partial charge is 0.433 e. The fraction of sp³-hybridized carbons (Fsp3) is 0.250. The molecule has 19 heavy (non-hydrogen) atoms. The molecule has 0 saturated carbocycles. The summed E-state index contributed by atoms with van der Waals surface area (Å²) in [4.78, 5) is 0. The highest BCUT2D eigenvalue weighted by Gasteiger charge is 2.35. The van der Waals surface area contributed by atoms with Crippen molar-refractivity contribution >= 4 is 28.1 Å². The number of aromatic amines is 1. The van der Waals surface area contributed by atoms with Crippen LogP contribution in [-0.2, 0) is 12.7 Å². The maximum Gasteiger partial charge on any atom is 0.433 e. The van der Waals surface area contributed by atoms with Crippen molar-refractivity contribution in [2.45, 2.75) is 19.6 Å². The van der Waals surface area contributed by atoms with Crippen LogP contribution in [0.2, 0.25) is 0 Å². The molecule has 1 N–H and O–H groups in total. The minimum Gasteiger partial charge on any atom is -0.292 e. The van der Waals surface area contributed by atoms with Crippen LogP contribution in [0.25, 0.3) is 0 Å². The number of benzene rings is 1. The van der Waals surface area contributed by atoms with Crippen LogP contribution in [0.4, 0.5) is 13.2 Å². The Balaban J connectivity index is 2.40. The maximum absolute atomic E-state index is 12.7. The summed E-state index contributed by atoms with van der Waals surface area (Å²) in [6.45, 7) is 1.65. The third-order valence-electron chi connectivity index (χ3n) is 2.70. The summed E-state index contributed by atoms with van der Waals surface area (Å²) in [5.74, 6) is 0. The maximum atomic E-state index is 12.7. The molecule has 0 atom stereocenters. The molecule has 1 aromatic carbocycles. The Morgan fingerprint density at radius 1 is 1.37 bits per heavy atom. The Labute approximate surface area is 121 Å². The molecule has 0 spiro atoms. The standard InChI is InChI=1S/C12H10BrF3N2S/c1-7-10(12(14,15)16)17-18(11(7)19)6-8-3-2-4-9(13)5-8/h2-5,17H,6H2,1H3. The Bertz CT molecular complexity index is 658.